The van der Waals surface area contributed by atoms with E-state index in [-0.39, 0.29) is 11.6 Å². The summed E-state index contributed by atoms with van der Waals surface area (Å²) in [6.07, 6.45) is 4.02. The van der Waals surface area contributed by atoms with E-state index in [9.17, 15) is 4.39 Å². The highest BCUT2D eigenvalue weighted by Gasteiger charge is 2.22. The van der Waals surface area contributed by atoms with Gasteiger partial charge in [0, 0.05) is 17.2 Å². The molecule has 1 fully saturated rings. The SMILES string of the molecule is COc1cccc(-c2ccoc2CNC2CC2)c1F. The first kappa shape index (κ1) is 12.2. The highest BCUT2D eigenvalue weighted by molar-refractivity contribution is 5.67. The molecule has 100 valence electrons. The Kier molecular flexibility index (Phi) is 3.25. The van der Waals surface area contributed by atoms with E-state index in [2.05, 4.69) is 5.32 Å². The lowest BCUT2D eigenvalue weighted by Crippen LogP contribution is -2.15. The summed E-state index contributed by atoms with van der Waals surface area (Å²) < 4.78 is 24.7. The summed E-state index contributed by atoms with van der Waals surface area (Å²) in [5.74, 6) is 0.665. The average molecular weight is 261 g/mol. The Bertz CT molecular complexity index is 575. The van der Waals surface area contributed by atoms with Gasteiger partial charge in [-0.15, -0.1) is 0 Å². The van der Waals surface area contributed by atoms with Crippen LogP contribution in [-0.2, 0) is 6.54 Å². The van der Waals surface area contributed by atoms with Gasteiger partial charge in [0.2, 0.25) is 0 Å². The predicted molar refractivity (Wildman–Crippen MR) is 70.5 cm³/mol. The number of benzene rings is 1. The molecule has 1 aromatic carbocycles. The number of methoxy groups -OCH3 is 1. The number of ether oxygens (including phenoxy) is 1. The van der Waals surface area contributed by atoms with Crippen molar-refractivity contribution in [3.05, 3.63) is 42.1 Å². The number of halogens is 1. The standard InChI is InChI=1S/C15H16FNO2/c1-18-13-4-2-3-12(15(13)16)11-7-8-19-14(11)9-17-10-5-6-10/h2-4,7-8,10,17H,5-6,9H2,1H3. The minimum absolute atomic E-state index is 0.250. The maximum absolute atomic E-state index is 14.2. The van der Waals surface area contributed by atoms with Crippen LogP contribution in [0.3, 0.4) is 0 Å². The molecule has 0 saturated heterocycles. The van der Waals surface area contributed by atoms with Gasteiger partial charge < -0.3 is 14.5 Å². The maximum Gasteiger partial charge on any atom is 0.172 e. The molecule has 0 radical (unpaired) electrons. The molecule has 1 aliphatic rings. The minimum atomic E-state index is -0.348. The van der Waals surface area contributed by atoms with Gasteiger partial charge in [0.15, 0.2) is 11.6 Å². The average Bonchev–Trinajstić information content (AvgIpc) is 3.14. The van der Waals surface area contributed by atoms with E-state index in [1.807, 2.05) is 0 Å². The Labute approximate surface area is 111 Å². The van der Waals surface area contributed by atoms with Crippen molar-refractivity contribution in [3.63, 3.8) is 0 Å². The van der Waals surface area contributed by atoms with Crippen molar-refractivity contribution in [3.8, 4) is 16.9 Å². The van der Waals surface area contributed by atoms with Crippen LogP contribution in [0.5, 0.6) is 5.75 Å². The number of nitrogens with one attached hydrogen (secondary N) is 1. The molecule has 1 aromatic heterocycles. The molecule has 2 aromatic rings. The second-order valence-corrected chi connectivity index (χ2v) is 4.73. The second-order valence-electron chi connectivity index (χ2n) is 4.73. The summed E-state index contributed by atoms with van der Waals surface area (Å²) >= 11 is 0. The maximum atomic E-state index is 14.2. The van der Waals surface area contributed by atoms with Gasteiger partial charge in [-0.2, -0.15) is 0 Å². The van der Waals surface area contributed by atoms with Gasteiger partial charge in [0.05, 0.1) is 19.9 Å². The molecular weight excluding hydrogens is 245 g/mol. The third-order valence-corrected chi connectivity index (χ3v) is 3.35. The molecular formula is C15H16FNO2. The number of hydrogen-bond donors (Lipinski definition) is 1. The van der Waals surface area contributed by atoms with Gasteiger partial charge in [0.1, 0.15) is 5.76 Å². The van der Waals surface area contributed by atoms with Crippen LogP contribution < -0.4 is 10.1 Å². The van der Waals surface area contributed by atoms with Gasteiger partial charge in [-0.25, -0.2) is 4.39 Å². The van der Waals surface area contributed by atoms with E-state index >= 15 is 0 Å². The number of hydrogen-bond acceptors (Lipinski definition) is 3. The quantitative estimate of drug-likeness (QED) is 0.896. The lowest BCUT2D eigenvalue weighted by atomic mass is 10.1. The fraction of sp³-hybridized carbons (Fsp3) is 0.333. The van der Waals surface area contributed by atoms with E-state index in [1.165, 1.54) is 20.0 Å². The molecule has 0 amide bonds. The highest BCUT2D eigenvalue weighted by atomic mass is 19.1. The zero-order valence-electron chi connectivity index (χ0n) is 10.8. The Morgan fingerprint density at radius 3 is 2.89 bits per heavy atom. The largest absolute Gasteiger partial charge is 0.494 e. The Morgan fingerprint density at radius 2 is 2.16 bits per heavy atom. The molecule has 1 aliphatic carbocycles. The van der Waals surface area contributed by atoms with E-state index in [4.69, 9.17) is 9.15 Å². The van der Waals surface area contributed by atoms with Crippen molar-refractivity contribution < 1.29 is 13.5 Å². The highest BCUT2D eigenvalue weighted by Crippen LogP contribution is 2.32. The summed E-state index contributed by atoms with van der Waals surface area (Å²) in [6.45, 7) is 0.629. The van der Waals surface area contributed by atoms with Crippen LogP contribution >= 0.6 is 0 Å². The Hall–Kier alpha value is -1.81. The third kappa shape index (κ3) is 2.49. The van der Waals surface area contributed by atoms with Crippen molar-refractivity contribution in [1.29, 1.82) is 0 Å². The molecule has 4 heteroatoms. The first-order chi connectivity index (χ1) is 9.29. The molecule has 0 aliphatic heterocycles. The molecule has 19 heavy (non-hydrogen) atoms. The molecule has 3 rings (SSSR count). The van der Waals surface area contributed by atoms with Crippen LogP contribution in [0.4, 0.5) is 4.39 Å². The van der Waals surface area contributed by atoms with Crippen LogP contribution in [0.1, 0.15) is 18.6 Å². The number of furan rings is 1. The van der Waals surface area contributed by atoms with Crippen LogP contribution in [-0.4, -0.2) is 13.2 Å². The first-order valence-corrected chi connectivity index (χ1v) is 6.42. The second kappa shape index (κ2) is 5.05. The van der Waals surface area contributed by atoms with Crippen molar-refractivity contribution in [2.24, 2.45) is 0 Å². The normalized spacial score (nSPS) is 14.6. The predicted octanol–water partition coefficient (Wildman–Crippen LogP) is 3.35. The van der Waals surface area contributed by atoms with Crippen molar-refractivity contribution in [2.75, 3.05) is 7.11 Å². The van der Waals surface area contributed by atoms with E-state index in [1.54, 1.807) is 30.5 Å². The molecule has 3 nitrogen and oxygen atoms in total. The van der Waals surface area contributed by atoms with Crippen LogP contribution in [0, 0.1) is 5.82 Å². The van der Waals surface area contributed by atoms with Crippen LogP contribution in [0.15, 0.2) is 34.9 Å². The molecule has 1 N–H and O–H groups in total. The Morgan fingerprint density at radius 1 is 1.32 bits per heavy atom. The molecule has 0 spiro atoms. The topological polar surface area (TPSA) is 34.4 Å². The molecule has 0 atom stereocenters. The zero-order chi connectivity index (χ0) is 13.2. The lowest BCUT2D eigenvalue weighted by molar-refractivity contribution is 0.387. The fourth-order valence-electron chi connectivity index (χ4n) is 2.12. The summed E-state index contributed by atoms with van der Waals surface area (Å²) in [7, 11) is 1.47. The molecule has 0 unspecified atom stereocenters. The van der Waals surface area contributed by atoms with E-state index in [0.717, 1.165) is 11.3 Å². The van der Waals surface area contributed by atoms with Crippen LogP contribution in [0.2, 0.25) is 0 Å². The van der Waals surface area contributed by atoms with Crippen molar-refractivity contribution >= 4 is 0 Å². The van der Waals surface area contributed by atoms with E-state index in [0.29, 0.717) is 18.2 Å². The summed E-state index contributed by atoms with van der Waals surface area (Å²) in [5.41, 5.74) is 1.30. The lowest BCUT2D eigenvalue weighted by Gasteiger charge is -2.08. The molecule has 0 bridgehead atoms. The van der Waals surface area contributed by atoms with Gasteiger partial charge in [-0.3, -0.25) is 0 Å². The van der Waals surface area contributed by atoms with Gasteiger partial charge in [-0.1, -0.05) is 12.1 Å². The van der Waals surface area contributed by atoms with Crippen LogP contribution in [0.25, 0.3) is 11.1 Å². The fourth-order valence-corrected chi connectivity index (χ4v) is 2.12. The van der Waals surface area contributed by atoms with Gasteiger partial charge >= 0.3 is 0 Å². The van der Waals surface area contributed by atoms with E-state index < -0.39 is 0 Å². The van der Waals surface area contributed by atoms with Gasteiger partial charge in [-0.05, 0) is 25.0 Å². The summed E-state index contributed by atoms with van der Waals surface area (Å²) in [4.78, 5) is 0. The first-order valence-electron chi connectivity index (χ1n) is 6.42. The zero-order valence-corrected chi connectivity index (χ0v) is 10.8. The molecule has 1 saturated carbocycles. The van der Waals surface area contributed by atoms with Crippen molar-refractivity contribution in [1.82, 2.24) is 5.32 Å². The minimum Gasteiger partial charge on any atom is -0.494 e. The Balaban J connectivity index is 1.90. The smallest absolute Gasteiger partial charge is 0.172 e. The third-order valence-electron chi connectivity index (χ3n) is 3.35. The van der Waals surface area contributed by atoms with Gasteiger partial charge in [0.25, 0.3) is 0 Å². The monoisotopic (exact) mass is 261 g/mol. The summed E-state index contributed by atoms with van der Waals surface area (Å²) in [6, 6.07) is 7.52. The van der Waals surface area contributed by atoms with Crippen molar-refractivity contribution in [2.45, 2.75) is 25.4 Å². The summed E-state index contributed by atoms with van der Waals surface area (Å²) in [5, 5.41) is 3.37. The molecule has 1 heterocycles. The number of rotatable bonds is 5.